The highest BCUT2D eigenvalue weighted by atomic mass is 35.5. The van der Waals surface area contributed by atoms with Crippen molar-refractivity contribution in [3.8, 4) is 0 Å². The second-order valence-corrected chi connectivity index (χ2v) is 7.59. The van der Waals surface area contributed by atoms with Crippen LogP contribution in [0.25, 0.3) is 0 Å². The van der Waals surface area contributed by atoms with Crippen molar-refractivity contribution in [1.29, 1.82) is 0 Å². The van der Waals surface area contributed by atoms with Crippen molar-refractivity contribution in [2.75, 3.05) is 25.0 Å². The third-order valence-corrected chi connectivity index (χ3v) is 5.24. The highest BCUT2D eigenvalue weighted by molar-refractivity contribution is 6.30. The molecule has 1 fully saturated rings. The number of nitro groups is 1. The smallest absolute Gasteiger partial charge is 0.309 e. The highest BCUT2D eigenvalue weighted by Crippen LogP contribution is 2.22. The van der Waals surface area contributed by atoms with Gasteiger partial charge in [0.25, 0.3) is 17.5 Å². The molecular weight excluding hydrogens is 445 g/mol. The number of carbonyl (C=O) groups excluding carboxylic acids is 3. The SMILES string of the molecule is O=C(COC(=O)C1CCN(C(=O)c2ccc(Cl)cc2)CC1)Nc1cc([N+](=O)[O-])ccc1F. The molecule has 1 aliphatic heterocycles. The van der Waals surface area contributed by atoms with Crippen LogP contribution in [-0.4, -0.2) is 47.3 Å². The molecule has 1 N–H and O–H groups in total. The van der Waals surface area contributed by atoms with Gasteiger partial charge < -0.3 is 15.0 Å². The van der Waals surface area contributed by atoms with Crippen LogP contribution in [0.3, 0.4) is 0 Å². The first-order valence-electron chi connectivity index (χ1n) is 9.70. The van der Waals surface area contributed by atoms with E-state index in [4.69, 9.17) is 16.3 Å². The minimum atomic E-state index is -0.854. The molecule has 9 nitrogen and oxygen atoms in total. The monoisotopic (exact) mass is 463 g/mol. The van der Waals surface area contributed by atoms with Crippen molar-refractivity contribution in [1.82, 2.24) is 4.90 Å². The first-order chi connectivity index (χ1) is 15.2. The van der Waals surface area contributed by atoms with E-state index in [-0.39, 0.29) is 11.6 Å². The lowest BCUT2D eigenvalue weighted by molar-refractivity contribution is -0.384. The van der Waals surface area contributed by atoms with E-state index in [2.05, 4.69) is 5.32 Å². The zero-order valence-electron chi connectivity index (χ0n) is 16.8. The molecule has 2 aromatic rings. The number of hydrogen-bond donors (Lipinski definition) is 1. The predicted octanol–water partition coefficient (Wildman–Crippen LogP) is 3.42. The number of nitro benzene ring substituents is 1. The number of halogens is 2. The number of nitrogens with zero attached hydrogens (tertiary/aromatic N) is 2. The van der Waals surface area contributed by atoms with Crippen molar-refractivity contribution < 1.29 is 28.4 Å². The molecule has 0 radical (unpaired) electrons. The van der Waals surface area contributed by atoms with Crippen molar-refractivity contribution in [2.24, 2.45) is 5.92 Å². The molecule has 1 aliphatic rings. The molecule has 168 valence electrons. The average molecular weight is 464 g/mol. The van der Waals surface area contributed by atoms with E-state index in [0.29, 0.717) is 36.5 Å². The van der Waals surface area contributed by atoms with Gasteiger partial charge in [-0.05, 0) is 43.2 Å². The number of anilines is 1. The topological polar surface area (TPSA) is 119 Å². The first kappa shape index (κ1) is 23.1. The molecular formula is C21H19ClFN3O6. The highest BCUT2D eigenvalue weighted by Gasteiger charge is 2.29. The maximum atomic E-state index is 13.7. The van der Waals surface area contributed by atoms with E-state index < -0.39 is 40.8 Å². The van der Waals surface area contributed by atoms with Crippen molar-refractivity contribution in [3.05, 3.63) is 69.0 Å². The van der Waals surface area contributed by atoms with Crippen LogP contribution in [0.2, 0.25) is 5.02 Å². The van der Waals surface area contributed by atoms with Gasteiger partial charge >= 0.3 is 5.97 Å². The van der Waals surface area contributed by atoms with Crippen LogP contribution in [-0.2, 0) is 14.3 Å². The van der Waals surface area contributed by atoms with Crippen molar-refractivity contribution in [3.63, 3.8) is 0 Å². The Morgan fingerprint density at radius 2 is 1.81 bits per heavy atom. The molecule has 32 heavy (non-hydrogen) atoms. The molecule has 0 saturated carbocycles. The Labute approximate surface area is 187 Å². The standard InChI is InChI=1S/C21H19ClFN3O6/c22-15-3-1-13(2-4-15)20(28)25-9-7-14(8-10-25)21(29)32-12-19(27)24-18-11-16(26(30)31)5-6-17(18)23/h1-6,11,14H,7-10,12H2,(H,24,27). The number of benzene rings is 2. The lowest BCUT2D eigenvalue weighted by Gasteiger charge is -2.31. The molecule has 0 atom stereocenters. The van der Waals surface area contributed by atoms with Gasteiger partial charge in [-0.1, -0.05) is 11.6 Å². The number of piperidine rings is 1. The number of non-ortho nitro benzene ring substituents is 1. The zero-order chi connectivity index (χ0) is 23.3. The number of hydrogen-bond acceptors (Lipinski definition) is 6. The summed E-state index contributed by atoms with van der Waals surface area (Å²) >= 11 is 5.83. The van der Waals surface area contributed by atoms with Gasteiger partial charge in [-0.3, -0.25) is 24.5 Å². The Morgan fingerprint density at radius 3 is 2.44 bits per heavy atom. The van der Waals surface area contributed by atoms with E-state index in [9.17, 15) is 28.9 Å². The Morgan fingerprint density at radius 1 is 1.16 bits per heavy atom. The molecule has 0 unspecified atom stereocenters. The van der Waals surface area contributed by atoms with Gasteiger partial charge in [0, 0.05) is 35.8 Å². The van der Waals surface area contributed by atoms with Crippen LogP contribution >= 0.6 is 11.6 Å². The van der Waals surface area contributed by atoms with Gasteiger partial charge in [-0.25, -0.2) is 4.39 Å². The van der Waals surface area contributed by atoms with E-state index >= 15 is 0 Å². The minimum absolute atomic E-state index is 0.160. The van der Waals surface area contributed by atoms with E-state index in [1.165, 1.54) is 0 Å². The fourth-order valence-electron chi connectivity index (χ4n) is 3.26. The lowest BCUT2D eigenvalue weighted by atomic mass is 9.96. The molecule has 2 amide bonds. The van der Waals surface area contributed by atoms with Gasteiger partial charge in [0.15, 0.2) is 6.61 Å². The van der Waals surface area contributed by atoms with E-state index in [1.807, 2.05) is 0 Å². The van der Waals surface area contributed by atoms with Gasteiger partial charge in [0.1, 0.15) is 5.82 Å². The maximum absolute atomic E-state index is 13.7. The van der Waals surface area contributed by atoms with Crippen LogP contribution in [0, 0.1) is 21.8 Å². The summed E-state index contributed by atoms with van der Waals surface area (Å²) in [6.45, 7) is 0.0452. The molecule has 0 bridgehead atoms. The summed E-state index contributed by atoms with van der Waals surface area (Å²) in [5.41, 5.74) is -0.270. The average Bonchev–Trinajstić information content (AvgIpc) is 2.79. The fraction of sp³-hybridized carbons (Fsp3) is 0.286. The lowest BCUT2D eigenvalue weighted by Crippen LogP contribution is -2.41. The van der Waals surface area contributed by atoms with Crippen molar-refractivity contribution in [2.45, 2.75) is 12.8 Å². The molecule has 3 rings (SSSR count). The van der Waals surface area contributed by atoms with Crippen LogP contribution in [0.1, 0.15) is 23.2 Å². The summed E-state index contributed by atoms with van der Waals surface area (Å²) in [5, 5.41) is 13.4. The molecule has 0 spiro atoms. The van der Waals surface area contributed by atoms with Crippen LogP contribution in [0.15, 0.2) is 42.5 Å². The summed E-state index contributed by atoms with van der Waals surface area (Å²) in [6, 6.07) is 9.23. The summed E-state index contributed by atoms with van der Waals surface area (Å²) in [7, 11) is 0. The second kappa shape index (κ2) is 10.2. The minimum Gasteiger partial charge on any atom is -0.455 e. The molecule has 1 heterocycles. The number of rotatable bonds is 6. The number of ether oxygens (including phenoxy) is 1. The van der Waals surface area contributed by atoms with Gasteiger partial charge in [0.05, 0.1) is 16.5 Å². The Balaban J connectivity index is 1.46. The molecule has 1 saturated heterocycles. The number of esters is 1. The fourth-order valence-corrected chi connectivity index (χ4v) is 3.38. The number of likely N-dealkylation sites (tertiary alicyclic amines) is 1. The van der Waals surface area contributed by atoms with Crippen LogP contribution < -0.4 is 5.32 Å². The number of carbonyl (C=O) groups is 3. The van der Waals surface area contributed by atoms with Gasteiger partial charge in [0.2, 0.25) is 0 Å². The predicted molar refractivity (Wildman–Crippen MR) is 113 cm³/mol. The van der Waals surface area contributed by atoms with Crippen LogP contribution in [0.5, 0.6) is 0 Å². The van der Waals surface area contributed by atoms with Gasteiger partial charge in [-0.15, -0.1) is 0 Å². The number of nitrogens with one attached hydrogen (secondary N) is 1. The molecule has 0 aliphatic carbocycles. The van der Waals surface area contributed by atoms with E-state index in [1.54, 1.807) is 29.2 Å². The molecule has 0 aromatic heterocycles. The second-order valence-electron chi connectivity index (χ2n) is 7.15. The molecule has 11 heteroatoms. The zero-order valence-corrected chi connectivity index (χ0v) is 17.5. The van der Waals surface area contributed by atoms with Gasteiger partial charge in [-0.2, -0.15) is 0 Å². The summed E-state index contributed by atoms with van der Waals surface area (Å²) in [6.07, 6.45) is 0.749. The van der Waals surface area contributed by atoms with E-state index in [0.717, 1.165) is 18.2 Å². The third kappa shape index (κ3) is 5.79. The molecule has 2 aromatic carbocycles. The quantitative estimate of drug-likeness (QED) is 0.398. The Kier molecular flexibility index (Phi) is 7.37. The maximum Gasteiger partial charge on any atom is 0.309 e. The Bertz CT molecular complexity index is 1040. The summed E-state index contributed by atoms with van der Waals surface area (Å²) < 4.78 is 18.7. The van der Waals surface area contributed by atoms with Crippen molar-refractivity contribution >= 4 is 40.8 Å². The summed E-state index contributed by atoms with van der Waals surface area (Å²) in [4.78, 5) is 48.4. The first-order valence-corrected chi connectivity index (χ1v) is 10.1. The number of amides is 2. The van der Waals surface area contributed by atoms with Crippen LogP contribution in [0.4, 0.5) is 15.8 Å². The summed E-state index contributed by atoms with van der Waals surface area (Å²) in [5.74, 6) is -2.92. The normalized spacial score (nSPS) is 14.0. The third-order valence-electron chi connectivity index (χ3n) is 4.99. The Hall–Kier alpha value is -3.53. The largest absolute Gasteiger partial charge is 0.455 e.